The fraction of sp³-hybridized carbons (Fsp3) is 0.111. The number of azo groups is 1. The lowest BCUT2D eigenvalue weighted by atomic mass is 10.1. The fourth-order valence-corrected chi connectivity index (χ4v) is 4.20. The van der Waals surface area contributed by atoms with Crippen LogP contribution in [0.25, 0.3) is 10.8 Å². The van der Waals surface area contributed by atoms with Gasteiger partial charge in [-0.25, -0.2) is 8.42 Å². The molecule has 0 saturated carbocycles. The molecule has 0 heterocycles. The summed E-state index contributed by atoms with van der Waals surface area (Å²) < 4.78 is 56.5. The first kappa shape index (κ1) is 19.9. The van der Waals surface area contributed by atoms with Crippen LogP contribution in [0, 0.1) is 0 Å². The third-order valence-corrected chi connectivity index (χ3v) is 6.73. The van der Waals surface area contributed by atoms with Gasteiger partial charge in [0.1, 0.15) is 10.6 Å². The second kappa shape index (κ2) is 7.30. The number of sulfone groups is 1. The molecule has 10 heteroatoms. The van der Waals surface area contributed by atoms with E-state index in [0.717, 1.165) is 6.07 Å². The highest BCUT2D eigenvalue weighted by Gasteiger charge is 2.19. The molecule has 0 aliphatic rings. The van der Waals surface area contributed by atoms with Crippen LogP contribution in [0.1, 0.15) is 6.92 Å². The number of hydrogen-bond donors (Lipinski definition) is 2. The molecule has 0 unspecified atom stereocenters. The largest absolute Gasteiger partial charge is 0.505 e. The van der Waals surface area contributed by atoms with Crippen molar-refractivity contribution < 1.29 is 26.5 Å². The summed E-state index contributed by atoms with van der Waals surface area (Å²) in [5.74, 6) is -0.325. The highest BCUT2D eigenvalue weighted by Crippen LogP contribution is 2.39. The molecule has 0 atom stereocenters. The van der Waals surface area contributed by atoms with Gasteiger partial charge in [-0.05, 0) is 30.3 Å². The molecule has 146 valence electrons. The molecule has 0 fully saturated rings. The Kier molecular flexibility index (Phi) is 5.20. The molecule has 0 amide bonds. The van der Waals surface area contributed by atoms with E-state index < -0.39 is 24.9 Å². The van der Waals surface area contributed by atoms with Gasteiger partial charge in [0, 0.05) is 10.8 Å². The highest BCUT2D eigenvalue weighted by atomic mass is 32.2. The van der Waals surface area contributed by atoms with Crippen LogP contribution in [0.4, 0.5) is 11.4 Å². The Labute approximate surface area is 161 Å². The van der Waals surface area contributed by atoms with Crippen molar-refractivity contribution in [1.29, 1.82) is 0 Å². The molecule has 3 aromatic carbocycles. The minimum atomic E-state index is -4.56. The third-order valence-electron chi connectivity index (χ3n) is 4.09. The first-order valence-corrected chi connectivity index (χ1v) is 11.2. The molecule has 0 aliphatic heterocycles. The number of aromatic hydroxyl groups is 1. The van der Waals surface area contributed by atoms with Crippen LogP contribution in [0.5, 0.6) is 5.75 Å². The van der Waals surface area contributed by atoms with Crippen molar-refractivity contribution in [3.8, 4) is 5.75 Å². The Balaban J connectivity index is 2.06. The summed E-state index contributed by atoms with van der Waals surface area (Å²) in [4.78, 5) is -0.254. The van der Waals surface area contributed by atoms with Crippen LogP contribution in [0.2, 0.25) is 0 Å². The summed E-state index contributed by atoms with van der Waals surface area (Å²) in [7, 11) is -7.90. The Morgan fingerprint density at radius 1 is 0.893 bits per heavy atom. The molecule has 0 aliphatic carbocycles. The van der Waals surface area contributed by atoms with E-state index in [4.69, 9.17) is 0 Å². The zero-order valence-corrected chi connectivity index (χ0v) is 16.3. The highest BCUT2D eigenvalue weighted by molar-refractivity contribution is 7.91. The molecule has 3 rings (SSSR count). The van der Waals surface area contributed by atoms with Crippen molar-refractivity contribution in [3.05, 3.63) is 54.6 Å². The van der Waals surface area contributed by atoms with Crippen LogP contribution >= 0.6 is 0 Å². The minimum absolute atomic E-state index is 0.0305. The van der Waals surface area contributed by atoms with E-state index in [2.05, 4.69) is 10.2 Å². The van der Waals surface area contributed by atoms with Crippen molar-refractivity contribution in [2.75, 3.05) is 5.75 Å². The maximum Gasteiger partial charge on any atom is 0.295 e. The van der Waals surface area contributed by atoms with Gasteiger partial charge in [-0.15, -0.1) is 5.11 Å². The predicted octanol–water partition coefficient (Wildman–Crippen LogP) is 4.00. The summed E-state index contributed by atoms with van der Waals surface area (Å²) in [5.41, 5.74) is 0.146. The molecule has 0 bridgehead atoms. The van der Waals surface area contributed by atoms with Gasteiger partial charge >= 0.3 is 0 Å². The molecule has 0 aromatic heterocycles. The number of phenolic OH excluding ortho intramolecular Hbond substituents is 1. The Bertz CT molecular complexity index is 1280. The molecule has 2 N–H and O–H groups in total. The molecule has 0 radical (unpaired) electrons. The van der Waals surface area contributed by atoms with Crippen LogP contribution in [-0.2, 0) is 20.0 Å². The van der Waals surface area contributed by atoms with E-state index in [-0.39, 0.29) is 32.9 Å². The van der Waals surface area contributed by atoms with Crippen molar-refractivity contribution >= 4 is 42.1 Å². The monoisotopic (exact) mass is 420 g/mol. The standard InChI is InChI=1S/C18H16N2O6S2/c1-2-27(22,23)13-9-7-12(8-10-13)19-20-16-11-17(28(24,25)26)14-5-3-4-6-15(14)18(16)21/h3-11,21H,2H2,1H3,(H,24,25,26)/b20-19+. The van der Waals surface area contributed by atoms with E-state index in [1.807, 2.05) is 0 Å². The van der Waals surface area contributed by atoms with Gasteiger partial charge in [0.25, 0.3) is 10.1 Å². The zero-order valence-electron chi connectivity index (χ0n) is 14.6. The molecule has 8 nitrogen and oxygen atoms in total. The lowest BCUT2D eigenvalue weighted by Gasteiger charge is -2.08. The summed E-state index contributed by atoms with van der Waals surface area (Å²) in [6.07, 6.45) is 0. The zero-order chi connectivity index (χ0) is 20.5. The SMILES string of the molecule is CCS(=O)(=O)c1ccc(/N=N/c2cc(S(=O)(=O)O)c3ccccc3c2O)cc1. The van der Waals surface area contributed by atoms with E-state index in [1.54, 1.807) is 12.1 Å². The summed E-state index contributed by atoms with van der Waals surface area (Å²) in [6.45, 7) is 1.54. The van der Waals surface area contributed by atoms with E-state index in [0.29, 0.717) is 5.69 Å². The molecule has 0 saturated heterocycles. The van der Waals surface area contributed by atoms with Crippen molar-refractivity contribution in [3.63, 3.8) is 0 Å². The van der Waals surface area contributed by atoms with Crippen LogP contribution in [0.3, 0.4) is 0 Å². The first-order chi connectivity index (χ1) is 13.1. The number of benzene rings is 3. The lowest BCUT2D eigenvalue weighted by molar-refractivity contribution is 0.480. The van der Waals surface area contributed by atoms with Gasteiger partial charge in [-0.1, -0.05) is 31.2 Å². The van der Waals surface area contributed by atoms with Gasteiger partial charge in [-0.3, -0.25) is 4.55 Å². The second-order valence-corrected chi connectivity index (χ2v) is 9.53. The second-order valence-electron chi connectivity index (χ2n) is 5.86. The average Bonchev–Trinajstić information content (AvgIpc) is 2.67. The fourth-order valence-electron chi connectivity index (χ4n) is 2.60. The van der Waals surface area contributed by atoms with Gasteiger partial charge < -0.3 is 5.11 Å². The van der Waals surface area contributed by atoms with Gasteiger partial charge in [0.05, 0.1) is 16.3 Å². The summed E-state index contributed by atoms with van der Waals surface area (Å²) in [5, 5.41) is 18.5. The number of hydrogen-bond acceptors (Lipinski definition) is 7. The normalized spacial score (nSPS) is 12.6. The van der Waals surface area contributed by atoms with Crippen molar-refractivity contribution in [2.24, 2.45) is 10.2 Å². The number of phenols is 1. The van der Waals surface area contributed by atoms with Crippen LogP contribution in [0.15, 0.2) is 74.6 Å². The predicted molar refractivity (Wildman–Crippen MR) is 104 cm³/mol. The maximum atomic E-state index is 11.8. The van der Waals surface area contributed by atoms with Gasteiger partial charge in [0.2, 0.25) is 0 Å². The minimum Gasteiger partial charge on any atom is -0.505 e. The maximum absolute atomic E-state index is 11.8. The van der Waals surface area contributed by atoms with Gasteiger partial charge in [0.15, 0.2) is 15.6 Å². The molecular formula is C18H16N2O6S2. The van der Waals surface area contributed by atoms with Gasteiger partial charge in [-0.2, -0.15) is 13.5 Å². The molecular weight excluding hydrogens is 404 g/mol. The van der Waals surface area contributed by atoms with E-state index in [1.165, 1.54) is 43.3 Å². The summed E-state index contributed by atoms with van der Waals surface area (Å²) in [6, 6.07) is 12.8. The number of rotatable bonds is 5. The first-order valence-electron chi connectivity index (χ1n) is 8.10. The Morgan fingerprint density at radius 2 is 1.50 bits per heavy atom. The van der Waals surface area contributed by atoms with E-state index >= 15 is 0 Å². The van der Waals surface area contributed by atoms with Crippen LogP contribution in [-0.4, -0.2) is 32.2 Å². The van der Waals surface area contributed by atoms with E-state index in [9.17, 15) is 26.5 Å². The summed E-state index contributed by atoms with van der Waals surface area (Å²) >= 11 is 0. The number of nitrogens with zero attached hydrogens (tertiary/aromatic N) is 2. The Hall–Kier alpha value is -2.82. The van der Waals surface area contributed by atoms with Crippen molar-refractivity contribution in [2.45, 2.75) is 16.7 Å². The Morgan fingerprint density at radius 3 is 2.07 bits per heavy atom. The smallest absolute Gasteiger partial charge is 0.295 e. The topological polar surface area (TPSA) is 133 Å². The number of fused-ring (bicyclic) bond motifs is 1. The average molecular weight is 420 g/mol. The molecule has 3 aromatic rings. The van der Waals surface area contributed by atoms with Crippen molar-refractivity contribution in [1.82, 2.24) is 0 Å². The third kappa shape index (κ3) is 3.88. The quantitative estimate of drug-likeness (QED) is 0.473. The molecule has 28 heavy (non-hydrogen) atoms. The van der Waals surface area contributed by atoms with Crippen LogP contribution < -0.4 is 0 Å². The molecule has 0 spiro atoms. The lowest BCUT2D eigenvalue weighted by Crippen LogP contribution is -2.02.